The first-order valence-corrected chi connectivity index (χ1v) is 10.8. The summed E-state index contributed by atoms with van der Waals surface area (Å²) in [5.74, 6) is -0.795. The Kier molecular flexibility index (Phi) is 10.5. The van der Waals surface area contributed by atoms with Gasteiger partial charge >= 0.3 is 6.18 Å². The Morgan fingerprint density at radius 1 is 1.29 bits per heavy atom. The molecule has 1 aliphatic heterocycles. The van der Waals surface area contributed by atoms with Gasteiger partial charge in [0, 0.05) is 23.2 Å². The zero-order chi connectivity index (χ0) is 21.3. The van der Waals surface area contributed by atoms with E-state index in [1.54, 1.807) is 0 Å². The first-order valence-electron chi connectivity index (χ1n) is 8.82. The Morgan fingerprint density at radius 3 is 2.29 bits per heavy atom. The number of carbonyl (C=O) groups is 1. The topological polar surface area (TPSA) is 78.9 Å². The lowest BCUT2D eigenvalue weighted by Crippen LogP contribution is -2.40. The van der Waals surface area contributed by atoms with Crippen LogP contribution >= 0.6 is 11.8 Å². The highest BCUT2D eigenvalue weighted by atomic mass is 32.2. The van der Waals surface area contributed by atoms with Crippen LogP contribution in [-0.2, 0) is 26.3 Å². The van der Waals surface area contributed by atoms with Gasteiger partial charge in [0.15, 0.2) is 11.1 Å². The van der Waals surface area contributed by atoms with Crippen LogP contribution in [0, 0.1) is 0 Å². The number of carbonyl (C=O) groups excluding carboxylic acids is 1. The molecule has 0 bridgehead atoms. The highest BCUT2D eigenvalue weighted by Crippen LogP contribution is 2.34. The highest BCUT2D eigenvalue weighted by molar-refractivity contribution is 8.00. The lowest BCUT2D eigenvalue weighted by Gasteiger charge is -2.30. The summed E-state index contributed by atoms with van der Waals surface area (Å²) in [5, 5.41) is 9.22. The summed E-state index contributed by atoms with van der Waals surface area (Å²) in [7, 11) is 0. The number of halogens is 3. The number of alkyl halides is 3. The van der Waals surface area contributed by atoms with Crippen molar-refractivity contribution in [3.8, 4) is 0 Å². The van der Waals surface area contributed by atoms with Gasteiger partial charge in [0.05, 0.1) is 5.56 Å². The summed E-state index contributed by atoms with van der Waals surface area (Å²) < 4.78 is 54.8. The molecule has 1 heterocycles. The van der Waals surface area contributed by atoms with Crippen molar-refractivity contribution in [2.24, 2.45) is 0 Å². The molecule has 11 heteroatoms. The summed E-state index contributed by atoms with van der Waals surface area (Å²) in [6, 6.07) is 5.05. The van der Waals surface area contributed by atoms with Gasteiger partial charge in [-0.25, -0.2) is 9.69 Å². The van der Waals surface area contributed by atoms with Gasteiger partial charge in [-0.15, -0.1) is 11.8 Å². The molecule has 2 unspecified atom stereocenters. The number of hydrogen-bond acceptors (Lipinski definition) is 6. The second-order valence-electron chi connectivity index (χ2n) is 5.72. The Hall–Kier alpha value is -1.14. The minimum atomic E-state index is -4.34. The van der Waals surface area contributed by atoms with Crippen LogP contribution < -0.4 is 5.48 Å². The average molecular weight is 443 g/mol. The number of hydroxylamine groups is 3. The number of benzene rings is 1. The van der Waals surface area contributed by atoms with Crippen molar-refractivity contribution in [1.29, 1.82) is 0 Å². The largest absolute Gasteiger partial charge is 0.416 e. The minimum Gasteiger partial charge on any atom is -0.289 e. The van der Waals surface area contributed by atoms with Crippen LogP contribution in [0.5, 0.6) is 0 Å². The molecule has 6 nitrogen and oxygen atoms in total. The van der Waals surface area contributed by atoms with Gasteiger partial charge in [-0.2, -0.15) is 22.5 Å². The van der Waals surface area contributed by atoms with Crippen LogP contribution in [0.4, 0.5) is 13.2 Å². The van der Waals surface area contributed by atoms with Crippen LogP contribution in [0.1, 0.15) is 39.2 Å². The number of piperidine rings is 1. The van der Waals surface area contributed by atoms with Crippen molar-refractivity contribution >= 4 is 28.7 Å². The molecule has 2 atom stereocenters. The molecule has 0 aromatic heterocycles. The third kappa shape index (κ3) is 7.70. The molecule has 0 spiro atoms. The second-order valence-corrected chi connectivity index (χ2v) is 8.47. The molecule has 1 aliphatic rings. The first-order chi connectivity index (χ1) is 13.2. The van der Waals surface area contributed by atoms with E-state index in [1.807, 2.05) is 13.8 Å². The molecule has 28 heavy (non-hydrogen) atoms. The Bertz CT molecular complexity index is 636. The number of amides is 1. The third-order valence-corrected chi connectivity index (χ3v) is 6.33. The monoisotopic (exact) mass is 442 g/mol. The lowest BCUT2D eigenvalue weighted by molar-refractivity contribution is -0.137. The first kappa shape index (κ1) is 24.9. The van der Waals surface area contributed by atoms with Gasteiger partial charge in [0.2, 0.25) is 0 Å². The van der Waals surface area contributed by atoms with Crippen molar-refractivity contribution in [3.05, 3.63) is 29.8 Å². The molecule has 2 N–H and O–H groups in total. The van der Waals surface area contributed by atoms with Crippen molar-refractivity contribution in [2.75, 3.05) is 13.1 Å². The maximum Gasteiger partial charge on any atom is 0.416 e. The SMILES string of the molecule is CC.CC(C(=O)NO)S(=O)ON1CCC(Sc2ccc(C(F)(F)F)cc2)CC1. The minimum absolute atomic E-state index is 0.207. The van der Waals surface area contributed by atoms with Crippen LogP contribution in [0.2, 0.25) is 0 Å². The average Bonchev–Trinajstić information content (AvgIpc) is 2.69. The van der Waals surface area contributed by atoms with E-state index < -0.39 is 34.0 Å². The smallest absolute Gasteiger partial charge is 0.289 e. The quantitative estimate of drug-likeness (QED) is 0.516. The summed E-state index contributed by atoms with van der Waals surface area (Å²) in [5.41, 5.74) is 0.754. The molecule has 0 aliphatic carbocycles. The molecule has 1 aromatic rings. The molecule has 2 rings (SSSR count). The molecule has 0 radical (unpaired) electrons. The van der Waals surface area contributed by atoms with Crippen LogP contribution in [-0.4, -0.2) is 44.0 Å². The van der Waals surface area contributed by atoms with Gasteiger partial charge in [0.25, 0.3) is 5.91 Å². The summed E-state index contributed by atoms with van der Waals surface area (Å²) in [4.78, 5) is 12.0. The lowest BCUT2D eigenvalue weighted by atomic mass is 10.2. The summed E-state index contributed by atoms with van der Waals surface area (Å²) >= 11 is -0.415. The van der Waals surface area contributed by atoms with Gasteiger partial charge in [-0.3, -0.25) is 10.0 Å². The van der Waals surface area contributed by atoms with Crippen molar-refractivity contribution in [2.45, 2.75) is 55.2 Å². The van der Waals surface area contributed by atoms with Crippen molar-refractivity contribution in [3.63, 3.8) is 0 Å². The number of nitrogens with zero attached hydrogens (tertiary/aromatic N) is 1. The van der Waals surface area contributed by atoms with Crippen molar-refractivity contribution < 1.29 is 31.7 Å². The van der Waals surface area contributed by atoms with Crippen LogP contribution in [0.25, 0.3) is 0 Å². The van der Waals surface area contributed by atoms with Gasteiger partial charge in [-0.1, -0.05) is 13.8 Å². The Balaban J connectivity index is 0.00000190. The van der Waals surface area contributed by atoms with Gasteiger partial charge in [0.1, 0.15) is 5.25 Å². The molecular formula is C17H25F3N2O4S2. The van der Waals surface area contributed by atoms with E-state index in [9.17, 15) is 22.2 Å². The third-order valence-electron chi connectivity index (χ3n) is 3.83. The zero-order valence-electron chi connectivity index (χ0n) is 15.9. The predicted molar refractivity (Wildman–Crippen MR) is 102 cm³/mol. The summed E-state index contributed by atoms with van der Waals surface area (Å²) in [6.07, 6.45) is -2.95. The van der Waals surface area contributed by atoms with E-state index in [1.165, 1.54) is 41.4 Å². The summed E-state index contributed by atoms with van der Waals surface area (Å²) in [6.45, 7) is 6.34. The fraction of sp³-hybridized carbons (Fsp3) is 0.588. The fourth-order valence-electron chi connectivity index (χ4n) is 2.29. The second kappa shape index (κ2) is 11.8. The molecule has 0 saturated carbocycles. The van der Waals surface area contributed by atoms with E-state index >= 15 is 0 Å². The number of hydrogen-bond donors (Lipinski definition) is 2. The van der Waals surface area contributed by atoms with Gasteiger partial charge < -0.3 is 0 Å². The zero-order valence-corrected chi connectivity index (χ0v) is 17.5. The molecular weight excluding hydrogens is 417 g/mol. The van der Waals surface area contributed by atoms with E-state index in [2.05, 4.69) is 0 Å². The van der Waals surface area contributed by atoms with Crippen molar-refractivity contribution in [1.82, 2.24) is 10.5 Å². The van der Waals surface area contributed by atoms with Crippen LogP contribution in [0.15, 0.2) is 29.2 Å². The number of rotatable bonds is 6. The maximum atomic E-state index is 12.6. The normalized spacial score (nSPS) is 18.0. The van der Waals surface area contributed by atoms with E-state index in [0.29, 0.717) is 25.9 Å². The Morgan fingerprint density at radius 2 is 1.82 bits per heavy atom. The maximum absolute atomic E-state index is 12.6. The number of thioether (sulfide) groups is 1. The standard InChI is InChI=1S/C15H19F3N2O4S2.C2H6/c1-10(14(21)19-22)26(23)24-20-8-6-13(7-9-20)25-12-4-2-11(3-5-12)15(16,17)18;1-2/h2-5,10,13,22H,6-9H2,1H3,(H,19,21);1-2H3. The van der Waals surface area contributed by atoms with Crippen LogP contribution in [0.3, 0.4) is 0 Å². The van der Waals surface area contributed by atoms with E-state index in [4.69, 9.17) is 9.49 Å². The molecule has 1 fully saturated rings. The molecule has 160 valence electrons. The number of nitrogens with one attached hydrogen (secondary N) is 1. The fourth-order valence-corrected chi connectivity index (χ4v) is 4.12. The van der Waals surface area contributed by atoms with E-state index in [0.717, 1.165) is 17.0 Å². The highest BCUT2D eigenvalue weighted by Gasteiger charge is 2.30. The predicted octanol–water partition coefficient (Wildman–Crippen LogP) is 3.78. The molecule has 1 amide bonds. The Labute approximate surface area is 169 Å². The van der Waals surface area contributed by atoms with Gasteiger partial charge in [-0.05, 0) is 44.0 Å². The molecule has 1 aromatic carbocycles. The molecule has 1 saturated heterocycles. The van der Waals surface area contributed by atoms with E-state index in [-0.39, 0.29) is 5.25 Å².